The molecule has 8 heteroatoms. The Bertz CT molecular complexity index is 1040. The maximum absolute atomic E-state index is 12.1. The maximum atomic E-state index is 12.1. The number of anilines is 1. The molecule has 7 nitrogen and oxygen atoms in total. The largest absolute Gasteiger partial charge is 0.350 e. The van der Waals surface area contributed by atoms with E-state index in [4.69, 9.17) is 11.6 Å². The van der Waals surface area contributed by atoms with Gasteiger partial charge in [-0.1, -0.05) is 17.7 Å². The van der Waals surface area contributed by atoms with Gasteiger partial charge < -0.3 is 20.5 Å². The Kier molecular flexibility index (Phi) is 6.39. The fourth-order valence-corrected chi connectivity index (χ4v) is 3.10. The normalized spacial score (nSPS) is 10.9. The highest BCUT2D eigenvalue weighted by molar-refractivity contribution is 6.31. The number of nitrogens with one attached hydrogen (secondary N) is 3. The Morgan fingerprint density at radius 1 is 1.21 bits per heavy atom. The lowest BCUT2D eigenvalue weighted by Crippen LogP contribution is -2.31. The number of imidazole rings is 1. The number of amides is 3. The van der Waals surface area contributed by atoms with Gasteiger partial charge in [0.05, 0.1) is 17.4 Å². The standard InChI is InChI=1S/C21H24ClN5O2/c1-13(2)25-20(28)15-7-8-19-18(11-15)24-12-27(19)10-9-23-21(29)26-17-6-4-5-16(22)14(17)3/h4-8,11-13H,9-10H2,1-3H3,(H,25,28)(H2,23,26,29). The monoisotopic (exact) mass is 413 g/mol. The van der Waals surface area contributed by atoms with Crippen molar-refractivity contribution in [1.29, 1.82) is 0 Å². The molecule has 0 saturated carbocycles. The third kappa shape index (κ3) is 5.06. The predicted molar refractivity (Wildman–Crippen MR) is 116 cm³/mol. The molecule has 0 radical (unpaired) electrons. The van der Waals surface area contributed by atoms with Gasteiger partial charge in [0.1, 0.15) is 0 Å². The molecule has 0 aliphatic rings. The molecule has 152 valence electrons. The third-order valence-electron chi connectivity index (χ3n) is 4.46. The number of rotatable bonds is 6. The zero-order valence-electron chi connectivity index (χ0n) is 16.6. The molecule has 3 aromatic rings. The predicted octanol–water partition coefficient (Wildman–Crippen LogP) is 3.96. The van der Waals surface area contributed by atoms with Gasteiger partial charge in [0.25, 0.3) is 5.91 Å². The highest BCUT2D eigenvalue weighted by atomic mass is 35.5. The van der Waals surface area contributed by atoms with Crippen molar-refractivity contribution in [3.8, 4) is 0 Å². The number of fused-ring (bicyclic) bond motifs is 1. The Labute approximate surface area is 174 Å². The number of benzene rings is 2. The number of aromatic nitrogens is 2. The SMILES string of the molecule is Cc1c(Cl)cccc1NC(=O)NCCn1cnc2cc(C(=O)NC(C)C)ccc21. The summed E-state index contributed by atoms with van der Waals surface area (Å²) < 4.78 is 1.93. The van der Waals surface area contributed by atoms with Gasteiger partial charge in [-0.3, -0.25) is 4.79 Å². The van der Waals surface area contributed by atoms with Crippen LogP contribution < -0.4 is 16.0 Å². The van der Waals surface area contributed by atoms with E-state index in [2.05, 4.69) is 20.9 Å². The minimum atomic E-state index is -0.299. The van der Waals surface area contributed by atoms with E-state index >= 15 is 0 Å². The molecule has 0 fully saturated rings. The first-order valence-electron chi connectivity index (χ1n) is 9.41. The smallest absolute Gasteiger partial charge is 0.319 e. The summed E-state index contributed by atoms with van der Waals surface area (Å²) in [5, 5.41) is 9.10. The zero-order valence-corrected chi connectivity index (χ0v) is 17.4. The lowest BCUT2D eigenvalue weighted by atomic mass is 10.2. The molecule has 1 heterocycles. The Hall–Kier alpha value is -3.06. The van der Waals surface area contributed by atoms with Crippen molar-refractivity contribution in [2.45, 2.75) is 33.4 Å². The first kappa shape index (κ1) is 20.7. The molecule has 29 heavy (non-hydrogen) atoms. The summed E-state index contributed by atoms with van der Waals surface area (Å²) in [5.41, 5.74) is 3.71. The average Bonchev–Trinajstić information content (AvgIpc) is 3.07. The van der Waals surface area contributed by atoms with Crippen molar-refractivity contribution >= 4 is 40.3 Å². The van der Waals surface area contributed by atoms with Crippen molar-refractivity contribution in [3.05, 3.63) is 58.9 Å². The van der Waals surface area contributed by atoms with Crippen LogP contribution in [0.25, 0.3) is 11.0 Å². The summed E-state index contributed by atoms with van der Waals surface area (Å²) in [4.78, 5) is 28.6. The molecule has 0 unspecified atom stereocenters. The first-order valence-corrected chi connectivity index (χ1v) is 9.78. The van der Waals surface area contributed by atoms with Crippen molar-refractivity contribution in [1.82, 2.24) is 20.2 Å². The number of hydrogen-bond donors (Lipinski definition) is 3. The average molecular weight is 414 g/mol. The van der Waals surface area contributed by atoms with E-state index in [9.17, 15) is 9.59 Å². The highest BCUT2D eigenvalue weighted by Gasteiger charge is 2.11. The summed E-state index contributed by atoms with van der Waals surface area (Å²) in [5.74, 6) is -0.119. The molecule has 0 aliphatic carbocycles. The van der Waals surface area contributed by atoms with Crippen LogP contribution in [0.1, 0.15) is 29.8 Å². The van der Waals surface area contributed by atoms with Crippen LogP contribution in [0.5, 0.6) is 0 Å². The van der Waals surface area contributed by atoms with E-state index in [1.54, 1.807) is 36.7 Å². The quantitative estimate of drug-likeness (QED) is 0.571. The number of hydrogen-bond acceptors (Lipinski definition) is 3. The Balaban J connectivity index is 1.58. The molecule has 3 rings (SSSR count). The summed E-state index contributed by atoms with van der Waals surface area (Å²) in [7, 11) is 0. The molecule has 0 bridgehead atoms. The fourth-order valence-electron chi connectivity index (χ4n) is 2.93. The second-order valence-corrected chi connectivity index (χ2v) is 7.47. The maximum Gasteiger partial charge on any atom is 0.319 e. The van der Waals surface area contributed by atoms with Crippen LogP contribution in [0.15, 0.2) is 42.7 Å². The van der Waals surface area contributed by atoms with Crippen LogP contribution in [0.4, 0.5) is 10.5 Å². The van der Waals surface area contributed by atoms with Gasteiger partial charge >= 0.3 is 6.03 Å². The molecule has 2 aromatic carbocycles. The summed E-state index contributed by atoms with van der Waals surface area (Å²) in [6, 6.07) is 10.6. The minimum absolute atomic E-state index is 0.0728. The minimum Gasteiger partial charge on any atom is -0.350 e. The molecule has 3 N–H and O–H groups in total. The molecular formula is C21H24ClN5O2. The lowest BCUT2D eigenvalue weighted by molar-refractivity contribution is 0.0943. The van der Waals surface area contributed by atoms with Crippen molar-refractivity contribution in [2.75, 3.05) is 11.9 Å². The van der Waals surface area contributed by atoms with Crippen molar-refractivity contribution in [3.63, 3.8) is 0 Å². The summed E-state index contributed by atoms with van der Waals surface area (Å²) in [6.07, 6.45) is 1.70. The van der Waals surface area contributed by atoms with E-state index < -0.39 is 0 Å². The van der Waals surface area contributed by atoms with Crippen LogP contribution in [0, 0.1) is 6.92 Å². The van der Waals surface area contributed by atoms with Crippen LogP contribution in [0.3, 0.4) is 0 Å². The lowest BCUT2D eigenvalue weighted by Gasteiger charge is -2.11. The van der Waals surface area contributed by atoms with Gasteiger partial charge in [0.2, 0.25) is 0 Å². The number of halogens is 1. The van der Waals surface area contributed by atoms with Crippen LogP contribution in [-0.2, 0) is 6.54 Å². The Morgan fingerprint density at radius 3 is 2.76 bits per heavy atom. The topological polar surface area (TPSA) is 88.1 Å². The number of urea groups is 1. The first-order chi connectivity index (χ1) is 13.8. The van der Waals surface area contributed by atoms with Crippen LogP contribution >= 0.6 is 11.6 Å². The number of nitrogens with zero attached hydrogens (tertiary/aromatic N) is 2. The molecular weight excluding hydrogens is 390 g/mol. The van der Waals surface area contributed by atoms with Gasteiger partial charge in [-0.2, -0.15) is 0 Å². The molecule has 3 amide bonds. The summed E-state index contributed by atoms with van der Waals surface area (Å²) in [6.45, 7) is 6.66. The van der Waals surface area contributed by atoms with E-state index in [0.29, 0.717) is 29.4 Å². The van der Waals surface area contributed by atoms with Crippen LogP contribution in [-0.4, -0.2) is 34.1 Å². The second-order valence-electron chi connectivity index (χ2n) is 7.06. The fraction of sp³-hybridized carbons (Fsp3) is 0.286. The zero-order chi connectivity index (χ0) is 21.0. The number of carbonyl (C=O) groups is 2. The molecule has 0 aliphatic heterocycles. The molecule has 0 spiro atoms. The van der Waals surface area contributed by atoms with Gasteiger partial charge in [-0.15, -0.1) is 0 Å². The molecule has 0 atom stereocenters. The Morgan fingerprint density at radius 2 is 2.00 bits per heavy atom. The van der Waals surface area contributed by atoms with Gasteiger partial charge in [0.15, 0.2) is 0 Å². The molecule has 0 saturated heterocycles. The van der Waals surface area contributed by atoms with E-state index in [1.165, 1.54) is 0 Å². The van der Waals surface area contributed by atoms with Gasteiger partial charge in [-0.25, -0.2) is 9.78 Å². The summed E-state index contributed by atoms with van der Waals surface area (Å²) >= 11 is 6.07. The van der Waals surface area contributed by atoms with E-state index in [-0.39, 0.29) is 18.0 Å². The second kappa shape index (κ2) is 8.96. The van der Waals surface area contributed by atoms with Crippen molar-refractivity contribution in [2.24, 2.45) is 0 Å². The van der Waals surface area contributed by atoms with E-state index in [0.717, 1.165) is 16.6 Å². The van der Waals surface area contributed by atoms with Crippen LogP contribution in [0.2, 0.25) is 5.02 Å². The van der Waals surface area contributed by atoms with Gasteiger partial charge in [0, 0.05) is 35.4 Å². The van der Waals surface area contributed by atoms with E-state index in [1.807, 2.05) is 31.4 Å². The van der Waals surface area contributed by atoms with Gasteiger partial charge in [-0.05, 0) is 56.7 Å². The highest BCUT2D eigenvalue weighted by Crippen LogP contribution is 2.22. The number of carbonyl (C=O) groups excluding carboxylic acids is 2. The van der Waals surface area contributed by atoms with Crippen molar-refractivity contribution < 1.29 is 9.59 Å². The molecule has 1 aromatic heterocycles. The third-order valence-corrected chi connectivity index (χ3v) is 4.87.